The molecule has 2 aromatic carbocycles. The highest BCUT2D eigenvalue weighted by molar-refractivity contribution is 6.30. The van der Waals surface area contributed by atoms with Gasteiger partial charge in [-0.2, -0.15) is 9.59 Å². The van der Waals surface area contributed by atoms with E-state index in [4.69, 9.17) is 25.9 Å². The highest BCUT2D eigenvalue weighted by Crippen LogP contribution is 2.17. The van der Waals surface area contributed by atoms with Crippen molar-refractivity contribution in [1.29, 1.82) is 0 Å². The first-order valence-electron chi connectivity index (χ1n) is 8.38. The Morgan fingerprint density at radius 3 is 2.42 bits per heavy atom. The van der Waals surface area contributed by atoms with E-state index in [9.17, 15) is 5.11 Å². The number of hydrogen-bond donors (Lipinski definition) is 2. The summed E-state index contributed by atoms with van der Waals surface area (Å²) in [6, 6.07) is 15.7. The second kappa shape index (κ2) is 12.2. The second-order valence-electron chi connectivity index (χ2n) is 5.74. The molecule has 6 heteroatoms. The van der Waals surface area contributed by atoms with Crippen LogP contribution in [0.2, 0.25) is 5.02 Å². The number of hydrogen-bond acceptors (Lipinski definition) is 5. The van der Waals surface area contributed by atoms with Crippen molar-refractivity contribution >= 4 is 17.8 Å². The van der Waals surface area contributed by atoms with Crippen LogP contribution in [0.4, 0.5) is 0 Å². The number of rotatable bonds is 8. The van der Waals surface area contributed by atoms with E-state index in [0.717, 1.165) is 17.7 Å². The summed E-state index contributed by atoms with van der Waals surface area (Å²) in [5.41, 5.74) is 2.07. The van der Waals surface area contributed by atoms with Crippen molar-refractivity contribution in [2.24, 2.45) is 0 Å². The average molecular weight is 378 g/mol. The van der Waals surface area contributed by atoms with E-state index in [1.165, 1.54) is 5.56 Å². The summed E-state index contributed by atoms with van der Waals surface area (Å²) >= 11 is 5.95. The monoisotopic (exact) mass is 377 g/mol. The maximum absolute atomic E-state index is 10.2. The SMILES string of the molecule is CCOc1ccc(CC(C)NCC(O)c2cccc(Cl)c2)cc1.O=C=O. The van der Waals surface area contributed by atoms with Gasteiger partial charge in [0.25, 0.3) is 0 Å². The normalized spacial score (nSPS) is 12.3. The number of halogens is 1. The van der Waals surface area contributed by atoms with E-state index >= 15 is 0 Å². The van der Waals surface area contributed by atoms with Gasteiger partial charge in [-0.3, -0.25) is 0 Å². The van der Waals surface area contributed by atoms with Gasteiger partial charge in [0.1, 0.15) is 5.75 Å². The molecule has 0 aliphatic heterocycles. The Morgan fingerprint density at radius 1 is 1.19 bits per heavy atom. The maximum Gasteiger partial charge on any atom is 0.373 e. The zero-order chi connectivity index (χ0) is 19.4. The molecular formula is C20H24ClNO4. The molecule has 0 bridgehead atoms. The Labute approximate surface area is 158 Å². The van der Waals surface area contributed by atoms with Crippen molar-refractivity contribution in [3.63, 3.8) is 0 Å². The first kappa shape index (κ1) is 21.9. The minimum Gasteiger partial charge on any atom is -0.494 e. The Bertz CT molecular complexity index is 684. The van der Waals surface area contributed by atoms with Crippen LogP contribution >= 0.6 is 11.6 Å². The van der Waals surface area contributed by atoms with Gasteiger partial charge in [0, 0.05) is 17.6 Å². The predicted octanol–water partition coefficient (Wildman–Crippen LogP) is 3.41. The standard InChI is InChI=1S/C19H24ClNO2.CO2/c1-3-23-18-9-7-15(8-10-18)11-14(2)21-13-19(22)16-5-4-6-17(20)12-16;2-1-3/h4-10,12,14,19,21-22H,3,11,13H2,1-2H3;. The third kappa shape index (κ3) is 8.28. The summed E-state index contributed by atoms with van der Waals surface area (Å²) in [5, 5.41) is 14.2. The lowest BCUT2D eigenvalue weighted by molar-refractivity contribution is -0.191. The van der Waals surface area contributed by atoms with Gasteiger partial charge >= 0.3 is 6.15 Å². The highest BCUT2D eigenvalue weighted by atomic mass is 35.5. The molecule has 26 heavy (non-hydrogen) atoms. The van der Waals surface area contributed by atoms with Crippen LogP contribution in [0.25, 0.3) is 0 Å². The maximum atomic E-state index is 10.2. The number of aliphatic hydroxyl groups excluding tert-OH is 1. The van der Waals surface area contributed by atoms with Crippen LogP contribution in [0.15, 0.2) is 48.5 Å². The van der Waals surface area contributed by atoms with Gasteiger partial charge in [-0.15, -0.1) is 0 Å². The van der Waals surface area contributed by atoms with Crippen molar-refractivity contribution in [2.75, 3.05) is 13.2 Å². The van der Waals surface area contributed by atoms with E-state index < -0.39 is 6.10 Å². The van der Waals surface area contributed by atoms with Crippen LogP contribution < -0.4 is 10.1 Å². The Balaban J connectivity index is 0.00000105. The first-order chi connectivity index (χ1) is 12.5. The molecule has 2 atom stereocenters. The Kier molecular flexibility index (Phi) is 10.3. The second-order valence-corrected chi connectivity index (χ2v) is 6.18. The van der Waals surface area contributed by atoms with Crippen LogP contribution in [-0.2, 0) is 16.0 Å². The van der Waals surface area contributed by atoms with E-state index in [1.54, 1.807) is 12.1 Å². The van der Waals surface area contributed by atoms with Crippen LogP contribution in [-0.4, -0.2) is 30.5 Å². The molecule has 0 fully saturated rings. The molecule has 0 saturated heterocycles. The van der Waals surface area contributed by atoms with E-state index in [2.05, 4.69) is 24.4 Å². The van der Waals surface area contributed by atoms with Crippen molar-refractivity contribution in [3.05, 3.63) is 64.7 Å². The lowest BCUT2D eigenvalue weighted by atomic mass is 10.1. The predicted molar refractivity (Wildman–Crippen MR) is 100 cm³/mol. The molecule has 0 amide bonds. The zero-order valence-corrected chi connectivity index (χ0v) is 15.7. The van der Waals surface area contributed by atoms with Crippen molar-refractivity contribution in [3.8, 4) is 5.75 Å². The van der Waals surface area contributed by atoms with Gasteiger partial charge in [0.2, 0.25) is 0 Å². The lowest BCUT2D eigenvalue weighted by Crippen LogP contribution is -2.32. The fourth-order valence-corrected chi connectivity index (χ4v) is 2.66. The van der Waals surface area contributed by atoms with Crippen LogP contribution in [0.3, 0.4) is 0 Å². The van der Waals surface area contributed by atoms with Gasteiger partial charge in [-0.1, -0.05) is 35.9 Å². The smallest absolute Gasteiger partial charge is 0.373 e. The minimum atomic E-state index is -0.559. The number of carbonyl (C=O) groups excluding carboxylic acids is 2. The number of aliphatic hydroxyl groups is 1. The van der Waals surface area contributed by atoms with Gasteiger partial charge in [-0.25, -0.2) is 0 Å². The van der Waals surface area contributed by atoms with Gasteiger partial charge < -0.3 is 15.2 Å². The molecule has 5 nitrogen and oxygen atoms in total. The summed E-state index contributed by atoms with van der Waals surface area (Å²) < 4.78 is 5.44. The van der Waals surface area contributed by atoms with Gasteiger partial charge in [0.05, 0.1) is 12.7 Å². The van der Waals surface area contributed by atoms with Crippen molar-refractivity contribution in [2.45, 2.75) is 32.4 Å². The Morgan fingerprint density at radius 2 is 1.85 bits per heavy atom. The molecule has 0 aromatic heterocycles. The summed E-state index contributed by atoms with van der Waals surface area (Å²) in [7, 11) is 0. The quantitative estimate of drug-likeness (QED) is 0.737. The van der Waals surface area contributed by atoms with Crippen LogP contribution in [0.1, 0.15) is 31.1 Å². The molecule has 2 aromatic rings. The number of nitrogens with one attached hydrogen (secondary N) is 1. The summed E-state index contributed by atoms with van der Waals surface area (Å²) in [6.07, 6.45) is 0.589. The molecule has 2 rings (SSSR count). The molecule has 0 heterocycles. The first-order valence-corrected chi connectivity index (χ1v) is 8.75. The number of ether oxygens (including phenoxy) is 1. The van der Waals surface area contributed by atoms with Crippen molar-refractivity contribution < 1.29 is 19.4 Å². The third-order valence-corrected chi connectivity index (χ3v) is 3.90. The topological polar surface area (TPSA) is 75.6 Å². The summed E-state index contributed by atoms with van der Waals surface area (Å²) in [5.74, 6) is 0.897. The average Bonchev–Trinajstić information content (AvgIpc) is 2.62. The largest absolute Gasteiger partial charge is 0.494 e. The molecule has 140 valence electrons. The van der Waals surface area contributed by atoms with Gasteiger partial charge in [-0.05, 0) is 55.7 Å². The molecule has 0 spiro atoms. The van der Waals surface area contributed by atoms with Crippen LogP contribution in [0.5, 0.6) is 5.75 Å². The molecule has 2 N–H and O–H groups in total. The summed E-state index contributed by atoms with van der Waals surface area (Å²) in [6.45, 7) is 5.27. The molecule has 0 aliphatic carbocycles. The molecule has 0 aliphatic rings. The molecule has 0 radical (unpaired) electrons. The van der Waals surface area contributed by atoms with Crippen LogP contribution in [0, 0.1) is 0 Å². The highest BCUT2D eigenvalue weighted by Gasteiger charge is 2.10. The zero-order valence-electron chi connectivity index (χ0n) is 14.9. The van der Waals surface area contributed by atoms with Gasteiger partial charge in [0.15, 0.2) is 0 Å². The summed E-state index contributed by atoms with van der Waals surface area (Å²) in [4.78, 5) is 16.2. The van der Waals surface area contributed by atoms with Crippen molar-refractivity contribution in [1.82, 2.24) is 5.32 Å². The fraction of sp³-hybridized carbons (Fsp3) is 0.350. The molecule has 0 saturated carbocycles. The fourth-order valence-electron chi connectivity index (χ4n) is 2.46. The molecular weight excluding hydrogens is 354 g/mol. The number of benzene rings is 2. The third-order valence-electron chi connectivity index (χ3n) is 3.67. The Hall–Kier alpha value is -2.17. The van der Waals surface area contributed by atoms with E-state index in [-0.39, 0.29) is 12.2 Å². The van der Waals surface area contributed by atoms with E-state index in [0.29, 0.717) is 18.2 Å². The molecule has 2 unspecified atom stereocenters. The lowest BCUT2D eigenvalue weighted by Gasteiger charge is -2.18. The van der Waals surface area contributed by atoms with E-state index in [1.807, 2.05) is 31.2 Å². The minimum absolute atomic E-state index is 0.250.